The van der Waals surface area contributed by atoms with E-state index in [-0.39, 0.29) is 5.41 Å². The lowest BCUT2D eigenvalue weighted by Gasteiger charge is -2.26. The van der Waals surface area contributed by atoms with E-state index in [4.69, 9.17) is 4.43 Å². The van der Waals surface area contributed by atoms with Crippen molar-refractivity contribution in [2.45, 2.75) is 46.6 Å². The predicted molar refractivity (Wildman–Crippen MR) is 72.9 cm³/mol. The zero-order valence-electron chi connectivity index (χ0n) is 10.6. The van der Waals surface area contributed by atoms with Gasteiger partial charge >= 0.3 is 0 Å². The molecule has 0 aliphatic carbocycles. The van der Waals surface area contributed by atoms with E-state index in [2.05, 4.69) is 67.1 Å². The van der Waals surface area contributed by atoms with Crippen LogP contribution in [0.25, 0.3) is 0 Å². The van der Waals surface area contributed by atoms with Gasteiger partial charge in [0.15, 0.2) is 0 Å². The Labute approximate surface area is 110 Å². The fourth-order valence-corrected chi connectivity index (χ4v) is 3.41. The summed E-state index contributed by atoms with van der Waals surface area (Å²) in [6.07, 6.45) is 0. The molecule has 0 saturated heterocycles. The van der Waals surface area contributed by atoms with Gasteiger partial charge in [-0.25, -0.2) is 0 Å². The van der Waals surface area contributed by atoms with Gasteiger partial charge in [-0.3, -0.25) is 0 Å². The summed E-state index contributed by atoms with van der Waals surface area (Å²) in [6.45, 7) is 11.6. The van der Waals surface area contributed by atoms with Crippen molar-refractivity contribution in [2.75, 3.05) is 0 Å². The molecule has 1 aromatic carbocycles. The Bertz CT molecular complexity index is 394. The Balaban J connectivity index is 3.40. The van der Waals surface area contributed by atoms with Crippen molar-refractivity contribution in [3.05, 3.63) is 32.8 Å². The summed E-state index contributed by atoms with van der Waals surface area (Å²) in [5.74, 6) is 0. The van der Waals surface area contributed by atoms with Crippen molar-refractivity contribution in [1.29, 1.82) is 0 Å². The summed E-state index contributed by atoms with van der Waals surface area (Å²) in [6, 6.07) is 2.16. The van der Waals surface area contributed by atoms with Crippen LogP contribution in [-0.2, 0) is 16.4 Å². The maximum Gasteiger partial charge on any atom is 0.246 e. The lowest BCUT2D eigenvalue weighted by Crippen LogP contribution is -2.16. The molecule has 0 spiro atoms. The third-order valence-electron chi connectivity index (χ3n) is 2.94. The van der Waals surface area contributed by atoms with Crippen LogP contribution in [0.15, 0.2) is 10.5 Å². The molecular weight excluding hydrogens is 280 g/mol. The molecular formula is C13H18BrOSi. The first-order valence-corrected chi connectivity index (χ1v) is 6.56. The molecule has 0 aromatic heterocycles. The first kappa shape index (κ1) is 13.9. The van der Waals surface area contributed by atoms with Crippen LogP contribution < -0.4 is 0 Å². The van der Waals surface area contributed by atoms with Gasteiger partial charge in [0.1, 0.15) is 0 Å². The molecule has 3 heteroatoms. The predicted octanol–water partition coefficient (Wildman–Crippen LogP) is 3.96. The highest BCUT2D eigenvalue weighted by molar-refractivity contribution is 9.10. The zero-order chi connectivity index (χ0) is 12.5. The van der Waals surface area contributed by atoms with Gasteiger partial charge in [-0.1, -0.05) is 36.7 Å². The molecule has 0 N–H and O–H groups in total. The minimum absolute atomic E-state index is 0.154. The average molecular weight is 298 g/mol. The lowest BCUT2D eigenvalue weighted by atomic mass is 9.81. The van der Waals surface area contributed by atoms with Crippen molar-refractivity contribution in [1.82, 2.24) is 0 Å². The van der Waals surface area contributed by atoms with E-state index in [0.717, 1.165) is 0 Å². The molecule has 1 aromatic rings. The molecule has 0 aliphatic heterocycles. The lowest BCUT2D eigenvalue weighted by molar-refractivity contribution is 0.337. The van der Waals surface area contributed by atoms with E-state index in [9.17, 15) is 0 Å². The number of rotatable bonds is 2. The smallest absolute Gasteiger partial charge is 0.246 e. The van der Waals surface area contributed by atoms with E-state index in [0.29, 0.717) is 6.61 Å². The zero-order valence-corrected chi connectivity index (χ0v) is 13.2. The van der Waals surface area contributed by atoms with E-state index in [1.807, 2.05) is 0 Å². The highest BCUT2D eigenvalue weighted by Crippen LogP contribution is 2.35. The molecule has 1 rings (SSSR count). The van der Waals surface area contributed by atoms with Gasteiger partial charge < -0.3 is 4.43 Å². The number of hydrogen-bond acceptors (Lipinski definition) is 1. The first-order chi connectivity index (χ1) is 7.29. The van der Waals surface area contributed by atoms with Crippen LogP contribution in [0.4, 0.5) is 0 Å². The summed E-state index contributed by atoms with van der Waals surface area (Å²) in [7, 11) is 3.06. The molecule has 0 heterocycles. The van der Waals surface area contributed by atoms with Gasteiger partial charge in [0.25, 0.3) is 0 Å². The number of hydrogen-bond donors (Lipinski definition) is 0. The van der Waals surface area contributed by atoms with Crippen molar-refractivity contribution in [3.8, 4) is 0 Å². The summed E-state index contributed by atoms with van der Waals surface area (Å²) < 4.78 is 6.20. The fourth-order valence-electron chi connectivity index (χ4n) is 2.09. The van der Waals surface area contributed by atoms with Gasteiger partial charge in [0.2, 0.25) is 10.5 Å². The van der Waals surface area contributed by atoms with Gasteiger partial charge in [-0.15, -0.1) is 0 Å². The molecule has 0 unspecified atom stereocenters. The Morgan fingerprint density at radius 2 is 1.81 bits per heavy atom. The SMILES string of the molecule is Cc1c(CO[Si])cc(Br)c(C(C)(C)C)c1C. The fraction of sp³-hybridized carbons (Fsp3) is 0.538. The molecule has 0 atom stereocenters. The normalized spacial score (nSPS) is 11.9. The standard InChI is InChI=1S/C13H18BrOSi/c1-8-9(2)12(13(3,4)5)11(14)6-10(8)7-15-16/h6H,7H2,1-5H3. The highest BCUT2D eigenvalue weighted by Gasteiger charge is 2.21. The van der Waals surface area contributed by atoms with E-state index >= 15 is 0 Å². The monoisotopic (exact) mass is 297 g/mol. The van der Waals surface area contributed by atoms with Crippen molar-refractivity contribution in [2.24, 2.45) is 0 Å². The number of halogens is 1. The Morgan fingerprint density at radius 3 is 2.25 bits per heavy atom. The molecule has 16 heavy (non-hydrogen) atoms. The Kier molecular flexibility index (Phi) is 4.38. The van der Waals surface area contributed by atoms with Crippen LogP contribution in [0, 0.1) is 13.8 Å². The largest absolute Gasteiger partial charge is 0.414 e. The van der Waals surface area contributed by atoms with Crippen molar-refractivity contribution < 1.29 is 4.43 Å². The second-order valence-corrected chi connectivity index (χ2v) is 6.32. The third-order valence-corrected chi connectivity index (χ3v) is 3.71. The first-order valence-electron chi connectivity index (χ1n) is 5.36. The summed E-state index contributed by atoms with van der Waals surface area (Å²) in [4.78, 5) is 0. The maximum absolute atomic E-state index is 5.03. The van der Waals surface area contributed by atoms with Gasteiger partial charge in [-0.05, 0) is 47.6 Å². The molecule has 0 saturated carbocycles. The van der Waals surface area contributed by atoms with Crippen LogP contribution in [-0.4, -0.2) is 10.5 Å². The minimum atomic E-state index is 0.154. The van der Waals surface area contributed by atoms with Crippen LogP contribution >= 0.6 is 15.9 Å². The Morgan fingerprint density at radius 1 is 1.25 bits per heavy atom. The maximum atomic E-state index is 5.03. The minimum Gasteiger partial charge on any atom is -0.414 e. The molecule has 0 amide bonds. The van der Waals surface area contributed by atoms with Crippen LogP contribution in [0.3, 0.4) is 0 Å². The topological polar surface area (TPSA) is 9.23 Å². The third kappa shape index (κ3) is 2.76. The highest BCUT2D eigenvalue weighted by atomic mass is 79.9. The molecule has 0 fully saturated rings. The van der Waals surface area contributed by atoms with Crippen molar-refractivity contribution in [3.63, 3.8) is 0 Å². The molecule has 0 aliphatic rings. The summed E-state index contributed by atoms with van der Waals surface area (Å²) in [5, 5.41) is 0. The molecule has 3 radical (unpaired) electrons. The van der Waals surface area contributed by atoms with Crippen LogP contribution in [0.1, 0.15) is 43.0 Å². The van der Waals surface area contributed by atoms with Crippen molar-refractivity contribution >= 4 is 26.4 Å². The van der Waals surface area contributed by atoms with Gasteiger partial charge in [0, 0.05) is 4.47 Å². The average Bonchev–Trinajstić information content (AvgIpc) is 2.12. The van der Waals surface area contributed by atoms with Crippen LogP contribution in [0.5, 0.6) is 0 Å². The molecule has 1 nitrogen and oxygen atoms in total. The van der Waals surface area contributed by atoms with Gasteiger partial charge in [0.05, 0.1) is 6.61 Å². The quantitative estimate of drug-likeness (QED) is 0.751. The summed E-state index contributed by atoms with van der Waals surface area (Å²) >= 11 is 3.67. The summed E-state index contributed by atoms with van der Waals surface area (Å²) in [5.41, 5.74) is 5.41. The van der Waals surface area contributed by atoms with Crippen LogP contribution in [0.2, 0.25) is 0 Å². The second-order valence-electron chi connectivity index (χ2n) is 5.18. The Hall–Kier alpha value is -0.123. The molecule has 0 bridgehead atoms. The molecule has 87 valence electrons. The number of benzene rings is 1. The van der Waals surface area contributed by atoms with Gasteiger partial charge in [-0.2, -0.15) is 0 Å². The van der Waals surface area contributed by atoms with E-state index in [1.165, 1.54) is 26.7 Å². The second kappa shape index (κ2) is 5.03. The van der Waals surface area contributed by atoms with E-state index in [1.54, 1.807) is 0 Å². The van der Waals surface area contributed by atoms with E-state index < -0.39 is 0 Å².